The Kier molecular flexibility index (Phi) is 3.79. The number of nitrogens with one attached hydrogen (secondary N) is 1. The lowest BCUT2D eigenvalue weighted by atomic mass is 9.90. The molecule has 0 fully saturated rings. The van der Waals surface area contributed by atoms with Crippen molar-refractivity contribution in [3.05, 3.63) is 70.4 Å². The van der Waals surface area contributed by atoms with Crippen LogP contribution in [-0.2, 0) is 16.0 Å². The second-order valence-corrected chi connectivity index (χ2v) is 6.50. The van der Waals surface area contributed by atoms with Gasteiger partial charge in [-0.25, -0.2) is 4.79 Å². The third-order valence-electron chi connectivity index (χ3n) is 4.75. The van der Waals surface area contributed by atoms with Gasteiger partial charge in [-0.1, -0.05) is 48.0 Å². The molecule has 2 aromatic carbocycles. The van der Waals surface area contributed by atoms with Gasteiger partial charge in [0, 0.05) is 22.9 Å². The molecule has 1 aromatic heterocycles. The molecule has 0 saturated heterocycles. The summed E-state index contributed by atoms with van der Waals surface area (Å²) in [5, 5.41) is 3.91. The molecule has 24 heavy (non-hydrogen) atoms. The van der Waals surface area contributed by atoms with Gasteiger partial charge in [0.15, 0.2) is 12.1 Å². The van der Waals surface area contributed by atoms with Crippen LogP contribution in [0.3, 0.4) is 0 Å². The number of ether oxygens (including phenoxy) is 1. The summed E-state index contributed by atoms with van der Waals surface area (Å²) in [4.78, 5) is 15.7. The molecule has 2 atom stereocenters. The van der Waals surface area contributed by atoms with Gasteiger partial charge >= 0.3 is 5.97 Å². The van der Waals surface area contributed by atoms with Crippen molar-refractivity contribution in [3.63, 3.8) is 0 Å². The molecule has 2 heterocycles. The Labute approximate surface area is 144 Å². The Morgan fingerprint density at radius 2 is 1.96 bits per heavy atom. The van der Waals surface area contributed by atoms with E-state index in [1.165, 1.54) is 12.7 Å². The number of para-hydroxylation sites is 1. The molecule has 3 aromatic rings. The Hall–Kier alpha value is -2.30. The van der Waals surface area contributed by atoms with Gasteiger partial charge in [0.1, 0.15) is 0 Å². The fraction of sp³-hybridized carbons (Fsp3) is 0.211. The number of carbonyl (C=O) groups excluding carboxylic acids is 1. The summed E-state index contributed by atoms with van der Waals surface area (Å²) in [5.41, 5.74) is 4.37. The van der Waals surface area contributed by atoms with Crippen molar-refractivity contribution in [1.29, 1.82) is 0 Å². The first-order chi connectivity index (χ1) is 11.7. The van der Waals surface area contributed by atoms with E-state index in [-0.39, 0.29) is 18.1 Å². The van der Waals surface area contributed by atoms with Crippen LogP contribution in [0, 0.1) is 0 Å². The maximum atomic E-state index is 12.2. The summed E-state index contributed by atoms with van der Waals surface area (Å²) in [6.45, 7) is 0. The van der Waals surface area contributed by atoms with Gasteiger partial charge < -0.3 is 15.0 Å². The van der Waals surface area contributed by atoms with E-state index in [2.05, 4.69) is 17.1 Å². The number of benzene rings is 2. The molecular weight excluding hydrogens is 324 g/mol. The molecular formula is C19H18ClN2O2+. The highest BCUT2D eigenvalue weighted by molar-refractivity contribution is 6.31. The quantitative estimate of drug-likeness (QED) is 0.704. The molecule has 0 amide bonds. The number of carbonyl (C=O) groups is 1. The summed E-state index contributed by atoms with van der Waals surface area (Å²) in [6.07, 6.45) is 0.646. The second kappa shape index (κ2) is 5.96. The summed E-state index contributed by atoms with van der Waals surface area (Å²) in [7, 11) is 1.44. The highest BCUT2D eigenvalue weighted by atomic mass is 35.5. The number of fused-ring (bicyclic) bond motifs is 3. The number of rotatable bonds is 2. The number of methoxy groups -OCH3 is 1. The fourth-order valence-corrected chi connectivity index (χ4v) is 3.88. The molecule has 0 unspecified atom stereocenters. The van der Waals surface area contributed by atoms with Crippen molar-refractivity contribution in [2.24, 2.45) is 0 Å². The van der Waals surface area contributed by atoms with Crippen LogP contribution in [0.2, 0.25) is 5.02 Å². The minimum atomic E-state index is -0.275. The number of quaternary nitrogens is 1. The predicted octanol–water partition coefficient (Wildman–Crippen LogP) is 2.57. The van der Waals surface area contributed by atoms with E-state index in [4.69, 9.17) is 16.3 Å². The Morgan fingerprint density at radius 1 is 1.21 bits per heavy atom. The molecule has 0 aliphatic carbocycles. The van der Waals surface area contributed by atoms with Crippen molar-refractivity contribution in [3.8, 4) is 0 Å². The van der Waals surface area contributed by atoms with Crippen molar-refractivity contribution in [2.45, 2.75) is 18.5 Å². The Morgan fingerprint density at radius 3 is 2.75 bits per heavy atom. The first kappa shape index (κ1) is 15.2. The average molecular weight is 342 g/mol. The molecule has 0 radical (unpaired) electrons. The number of H-pyrrole nitrogens is 1. The van der Waals surface area contributed by atoms with Gasteiger partial charge in [0.25, 0.3) is 0 Å². The highest BCUT2D eigenvalue weighted by Gasteiger charge is 2.38. The number of nitrogens with two attached hydrogens (primary N) is 1. The first-order valence-corrected chi connectivity index (χ1v) is 8.33. The number of halogens is 1. The minimum absolute atomic E-state index is 0.0565. The Balaban J connectivity index is 1.90. The molecule has 4 nitrogen and oxygen atoms in total. The van der Waals surface area contributed by atoms with Crippen LogP contribution in [0.15, 0.2) is 48.5 Å². The smallest absolute Gasteiger partial charge is 0.364 e. The van der Waals surface area contributed by atoms with E-state index < -0.39 is 0 Å². The van der Waals surface area contributed by atoms with Crippen molar-refractivity contribution in [1.82, 2.24) is 4.98 Å². The zero-order chi connectivity index (χ0) is 16.7. The first-order valence-electron chi connectivity index (χ1n) is 7.95. The van der Waals surface area contributed by atoms with Gasteiger partial charge in [-0.2, -0.15) is 0 Å². The number of aromatic amines is 1. The zero-order valence-corrected chi connectivity index (χ0v) is 14.0. The summed E-state index contributed by atoms with van der Waals surface area (Å²) < 4.78 is 4.99. The number of aromatic nitrogens is 1. The van der Waals surface area contributed by atoms with E-state index >= 15 is 0 Å². The molecule has 5 heteroatoms. The van der Waals surface area contributed by atoms with Crippen LogP contribution in [0.1, 0.15) is 22.9 Å². The SMILES string of the molecule is COC(=O)[C@@H]1Cc2c([nH]c3ccccc23)[C@@H](c2ccccc2Cl)[NH2+]1. The van der Waals surface area contributed by atoms with Crippen LogP contribution < -0.4 is 5.32 Å². The van der Waals surface area contributed by atoms with Gasteiger partial charge in [0.05, 0.1) is 17.8 Å². The van der Waals surface area contributed by atoms with Gasteiger partial charge in [0.2, 0.25) is 0 Å². The van der Waals surface area contributed by atoms with Crippen LogP contribution in [0.25, 0.3) is 10.9 Å². The molecule has 1 aliphatic heterocycles. The van der Waals surface area contributed by atoms with Crippen molar-refractivity contribution >= 4 is 28.5 Å². The van der Waals surface area contributed by atoms with Gasteiger partial charge in [-0.05, 0) is 17.7 Å². The third-order valence-corrected chi connectivity index (χ3v) is 5.09. The fourth-order valence-electron chi connectivity index (χ4n) is 3.62. The summed E-state index contributed by atoms with van der Waals surface area (Å²) in [5.74, 6) is -0.206. The van der Waals surface area contributed by atoms with Crippen LogP contribution in [0.5, 0.6) is 0 Å². The van der Waals surface area contributed by atoms with E-state index in [0.717, 1.165) is 22.2 Å². The molecule has 0 saturated carbocycles. The number of esters is 1. The molecule has 122 valence electrons. The maximum absolute atomic E-state index is 12.2. The number of hydrogen-bond acceptors (Lipinski definition) is 2. The third kappa shape index (κ3) is 2.39. The van der Waals surface area contributed by atoms with Crippen LogP contribution >= 0.6 is 11.6 Å². The van der Waals surface area contributed by atoms with Crippen molar-refractivity contribution < 1.29 is 14.8 Å². The molecule has 4 rings (SSSR count). The van der Waals surface area contributed by atoms with E-state index in [1.807, 2.05) is 41.7 Å². The topological polar surface area (TPSA) is 58.7 Å². The lowest BCUT2D eigenvalue weighted by Gasteiger charge is -2.27. The molecule has 1 aliphatic rings. The van der Waals surface area contributed by atoms with Crippen molar-refractivity contribution in [2.75, 3.05) is 7.11 Å². The lowest BCUT2D eigenvalue weighted by molar-refractivity contribution is -0.712. The highest BCUT2D eigenvalue weighted by Crippen LogP contribution is 2.34. The average Bonchev–Trinajstić information content (AvgIpc) is 2.99. The zero-order valence-electron chi connectivity index (χ0n) is 13.3. The minimum Gasteiger partial charge on any atom is -0.465 e. The number of hydrogen-bond donors (Lipinski definition) is 2. The predicted molar refractivity (Wildman–Crippen MR) is 93.0 cm³/mol. The molecule has 0 spiro atoms. The lowest BCUT2D eigenvalue weighted by Crippen LogP contribution is -2.94. The van der Waals surface area contributed by atoms with Crippen LogP contribution in [-0.4, -0.2) is 24.1 Å². The maximum Gasteiger partial charge on any atom is 0.364 e. The van der Waals surface area contributed by atoms with Gasteiger partial charge in [-0.3, -0.25) is 0 Å². The van der Waals surface area contributed by atoms with Gasteiger partial charge in [-0.15, -0.1) is 0 Å². The van der Waals surface area contributed by atoms with E-state index in [0.29, 0.717) is 11.4 Å². The standard InChI is InChI=1S/C19H17ClN2O2/c1-24-19(23)16-10-13-11-6-3-5-9-15(11)21-18(13)17(22-16)12-7-2-4-8-14(12)20/h2-9,16-17,21-22H,10H2,1H3/p+1/t16-,17+/m0/s1. The molecule has 3 N–H and O–H groups in total. The van der Waals surface area contributed by atoms with Crippen LogP contribution in [0.4, 0.5) is 0 Å². The van der Waals surface area contributed by atoms with E-state index in [1.54, 1.807) is 0 Å². The molecule has 0 bridgehead atoms. The summed E-state index contributed by atoms with van der Waals surface area (Å²) >= 11 is 6.43. The Bertz CT molecular complexity index is 919. The largest absolute Gasteiger partial charge is 0.465 e. The van der Waals surface area contributed by atoms with E-state index in [9.17, 15) is 4.79 Å². The summed E-state index contributed by atoms with van der Waals surface area (Å²) in [6, 6.07) is 15.6. The normalized spacial score (nSPS) is 19.9. The monoisotopic (exact) mass is 341 g/mol. The second-order valence-electron chi connectivity index (χ2n) is 6.09.